The van der Waals surface area contributed by atoms with Crippen LogP contribution in [-0.4, -0.2) is 32.2 Å². The zero-order chi connectivity index (χ0) is 30.3. The Bertz CT molecular complexity index is 1820. The molecule has 0 radical (unpaired) electrons. The third-order valence-electron chi connectivity index (χ3n) is 7.07. The van der Waals surface area contributed by atoms with Gasteiger partial charge in [-0.1, -0.05) is 120 Å². The van der Waals surface area contributed by atoms with Gasteiger partial charge >= 0.3 is 0 Å². The smallest absolute Gasteiger partial charge is 0.270 e. The molecule has 6 aromatic rings. The van der Waals surface area contributed by atoms with E-state index in [2.05, 4.69) is 44.8 Å². The van der Waals surface area contributed by atoms with E-state index in [-0.39, 0.29) is 11.8 Å². The topological polar surface area (TPSA) is 72.7 Å². The lowest BCUT2D eigenvalue weighted by Gasteiger charge is -2.18. The molecule has 4 aromatic carbocycles. The second-order valence-corrected chi connectivity index (χ2v) is 12.6. The van der Waals surface area contributed by atoms with E-state index in [0.717, 1.165) is 22.7 Å². The van der Waals surface area contributed by atoms with Crippen LogP contribution in [0.1, 0.15) is 39.0 Å². The number of carbonyl (C=O) groups is 1. The van der Waals surface area contributed by atoms with Crippen LogP contribution in [0.5, 0.6) is 0 Å². The molecule has 0 unspecified atom stereocenters. The number of para-hydroxylation sites is 1. The van der Waals surface area contributed by atoms with Gasteiger partial charge in [0.2, 0.25) is 0 Å². The van der Waals surface area contributed by atoms with E-state index in [0.29, 0.717) is 39.0 Å². The minimum atomic E-state index is -0.183. The van der Waals surface area contributed by atoms with Gasteiger partial charge in [0.15, 0.2) is 11.0 Å². The Kier molecular flexibility index (Phi) is 9.73. The SMILES string of the molecule is O=C(NCCC(c1ccccc1)c1ccccc1)c1csc(CSc2nnc(-c3ccccc3Cl)n2-c2ccccc2Cl)n1. The minimum absolute atomic E-state index is 0.183. The van der Waals surface area contributed by atoms with Gasteiger partial charge in [0.1, 0.15) is 10.7 Å². The van der Waals surface area contributed by atoms with Gasteiger partial charge in [-0.25, -0.2) is 4.98 Å². The zero-order valence-electron chi connectivity index (χ0n) is 23.4. The summed E-state index contributed by atoms with van der Waals surface area (Å²) >= 11 is 16.0. The summed E-state index contributed by atoms with van der Waals surface area (Å²) in [4.78, 5) is 17.6. The predicted molar refractivity (Wildman–Crippen MR) is 180 cm³/mol. The molecule has 0 fully saturated rings. The summed E-state index contributed by atoms with van der Waals surface area (Å²) in [5, 5.41) is 16.4. The fraction of sp³-hybridized carbons (Fsp3) is 0.118. The van der Waals surface area contributed by atoms with Gasteiger partial charge in [0.25, 0.3) is 5.91 Å². The van der Waals surface area contributed by atoms with Gasteiger partial charge in [-0.05, 0) is 41.8 Å². The van der Waals surface area contributed by atoms with Crippen LogP contribution < -0.4 is 5.32 Å². The number of hydrogen-bond acceptors (Lipinski definition) is 6. The lowest BCUT2D eigenvalue weighted by Crippen LogP contribution is -2.26. The summed E-state index contributed by atoms with van der Waals surface area (Å²) < 4.78 is 1.91. The normalized spacial score (nSPS) is 11.2. The van der Waals surface area contributed by atoms with Crippen molar-refractivity contribution in [1.82, 2.24) is 25.1 Å². The van der Waals surface area contributed by atoms with Crippen molar-refractivity contribution in [2.24, 2.45) is 0 Å². The molecule has 2 aromatic heterocycles. The first kappa shape index (κ1) is 30.1. The Morgan fingerprint density at radius 2 is 1.45 bits per heavy atom. The van der Waals surface area contributed by atoms with Crippen molar-refractivity contribution in [3.63, 3.8) is 0 Å². The molecule has 0 aliphatic rings. The predicted octanol–water partition coefficient (Wildman–Crippen LogP) is 8.94. The first-order valence-corrected chi connectivity index (χ1v) is 16.6. The van der Waals surface area contributed by atoms with Gasteiger partial charge in [-0.3, -0.25) is 9.36 Å². The molecule has 1 amide bonds. The van der Waals surface area contributed by atoms with Gasteiger partial charge in [-0.2, -0.15) is 0 Å². The molecule has 0 atom stereocenters. The Morgan fingerprint density at radius 3 is 2.14 bits per heavy atom. The zero-order valence-corrected chi connectivity index (χ0v) is 26.6. The summed E-state index contributed by atoms with van der Waals surface area (Å²) in [6.45, 7) is 0.528. The molecule has 0 aliphatic heterocycles. The van der Waals surface area contributed by atoms with E-state index in [9.17, 15) is 4.79 Å². The van der Waals surface area contributed by atoms with E-state index in [1.165, 1.54) is 34.2 Å². The second-order valence-electron chi connectivity index (χ2n) is 9.91. The van der Waals surface area contributed by atoms with Crippen LogP contribution in [0.15, 0.2) is 120 Å². The molecular formula is C34H27Cl2N5OS2. The highest BCUT2D eigenvalue weighted by Gasteiger charge is 2.21. The first-order valence-electron chi connectivity index (χ1n) is 14.0. The Hall–Kier alpha value is -3.95. The molecule has 0 saturated heterocycles. The van der Waals surface area contributed by atoms with Crippen molar-refractivity contribution >= 4 is 52.2 Å². The Labute approximate surface area is 274 Å². The van der Waals surface area contributed by atoms with Crippen LogP contribution in [0.3, 0.4) is 0 Å². The van der Waals surface area contributed by atoms with Crippen molar-refractivity contribution in [2.75, 3.05) is 6.54 Å². The highest BCUT2D eigenvalue weighted by molar-refractivity contribution is 7.98. The summed E-state index contributed by atoms with van der Waals surface area (Å²) in [6.07, 6.45) is 0.776. The van der Waals surface area contributed by atoms with Crippen LogP contribution in [0.25, 0.3) is 17.1 Å². The molecule has 2 heterocycles. The quantitative estimate of drug-likeness (QED) is 0.141. The van der Waals surface area contributed by atoms with Crippen molar-refractivity contribution in [3.05, 3.63) is 146 Å². The lowest BCUT2D eigenvalue weighted by molar-refractivity contribution is 0.0948. The van der Waals surface area contributed by atoms with Crippen LogP contribution in [0.4, 0.5) is 0 Å². The van der Waals surface area contributed by atoms with E-state index in [4.69, 9.17) is 23.2 Å². The lowest BCUT2D eigenvalue weighted by atomic mass is 9.88. The number of rotatable bonds is 11. The maximum atomic E-state index is 13.0. The van der Waals surface area contributed by atoms with Crippen molar-refractivity contribution in [2.45, 2.75) is 23.2 Å². The Morgan fingerprint density at radius 1 is 0.818 bits per heavy atom. The summed E-state index contributed by atoms with van der Waals surface area (Å²) in [5.41, 5.74) is 4.36. The molecule has 0 saturated carbocycles. The third-order valence-corrected chi connectivity index (χ3v) is 9.69. The molecule has 6 rings (SSSR count). The minimum Gasteiger partial charge on any atom is -0.351 e. The van der Waals surface area contributed by atoms with Crippen molar-refractivity contribution < 1.29 is 4.79 Å². The second kappa shape index (κ2) is 14.2. The van der Waals surface area contributed by atoms with Crippen LogP contribution in [-0.2, 0) is 5.75 Å². The number of nitrogens with zero attached hydrogens (tertiary/aromatic N) is 4. The number of halogens is 2. The Balaban J connectivity index is 1.14. The maximum absolute atomic E-state index is 13.0. The first-order chi connectivity index (χ1) is 21.6. The molecule has 10 heteroatoms. The molecular weight excluding hydrogens is 629 g/mol. The maximum Gasteiger partial charge on any atom is 0.270 e. The van der Waals surface area contributed by atoms with Crippen molar-refractivity contribution in [3.8, 4) is 17.1 Å². The van der Waals surface area contributed by atoms with E-state index < -0.39 is 0 Å². The van der Waals surface area contributed by atoms with E-state index >= 15 is 0 Å². The molecule has 0 bridgehead atoms. The molecule has 220 valence electrons. The van der Waals surface area contributed by atoms with Crippen LogP contribution in [0.2, 0.25) is 10.0 Å². The number of hydrogen-bond donors (Lipinski definition) is 1. The van der Waals surface area contributed by atoms with Gasteiger partial charge in [0.05, 0.1) is 21.5 Å². The number of thiazole rings is 1. The van der Waals surface area contributed by atoms with Crippen molar-refractivity contribution in [1.29, 1.82) is 0 Å². The van der Waals surface area contributed by atoms with E-state index in [1.54, 1.807) is 5.38 Å². The van der Waals surface area contributed by atoms with Crippen LogP contribution >= 0.6 is 46.3 Å². The highest BCUT2D eigenvalue weighted by Crippen LogP contribution is 2.35. The highest BCUT2D eigenvalue weighted by atomic mass is 35.5. The summed E-state index contributed by atoms with van der Waals surface area (Å²) in [7, 11) is 0. The number of carbonyl (C=O) groups excluding carboxylic acids is 1. The molecule has 6 nitrogen and oxygen atoms in total. The average Bonchev–Trinajstić information content (AvgIpc) is 3.71. The standard InChI is InChI=1S/C34H27Cl2N5OS2/c35-27-16-8-7-15-26(27)32-39-40-34(41(32)30-18-10-9-17-28(30)36)44-22-31-38-29(21-43-31)33(42)37-20-19-25(23-11-3-1-4-12-23)24-13-5-2-6-14-24/h1-18,21,25H,19-20,22H2,(H,37,42). The third kappa shape index (κ3) is 6.89. The molecule has 0 aliphatic carbocycles. The summed E-state index contributed by atoms with van der Waals surface area (Å²) in [5.74, 6) is 1.10. The monoisotopic (exact) mass is 655 g/mol. The number of aromatic nitrogens is 4. The average molecular weight is 657 g/mol. The molecule has 0 spiro atoms. The fourth-order valence-electron chi connectivity index (χ4n) is 4.96. The number of thioether (sulfide) groups is 1. The number of amides is 1. The van der Waals surface area contributed by atoms with Gasteiger partial charge in [0, 0.05) is 23.4 Å². The van der Waals surface area contributed by atoms with Crippen LogP contribution in [0, 0.1) is 0 Å². The number of benzene rings is 4. The van der Waals surface area contributed by atoms with Gasteiger partial charge < -0.3 is 5.32 Å². The van der Waals surface area contributed by atoms with E-state index in [1.807, 2.05) is 89.5 Å². The number of nitrogens with one attached hydrogen (secondary N) is 1. The molecule has 1 N–H and O–H groups in total. The largest absolute Gasteiger partial charge is 0.351 e. The fourth-order valence-corrected chi connectivity index (χ4v) is 7.13. The molecule has 44 heavy (non-hydrogen) atoms. The van der Waals surface area contributed by atoms with Gasteiger partial charge in [-0.15, -0.1) is 21.5 Å². The summed E-state index contributed by atoms with van der Waals surface area (Å²) in [6, 6.07) is 35.8.